The number of carbonyl (C=O) groups is 2. The largest absolute Gasteiger partial charge is 0.456 e. The van der Waals surface area contributed by atoms with Crippen LogP contribution in [-0.2, 0) is 11.3 Å². The molecule has 0 radical (unpaired) electrons. The third kappa shape index (κ3) is 3.37. The Labute approximate surface area is 156 Å². The molecule has 0 aliphatic heterocycles. The van der Waals surface area contributed by atoms with Gasteiger partial charge in [-0.3, -0.25) is 14.9 Å². The summed E-state index contributed by atoms with van der Waals surface area (Å²) in [7, 11) is 0. The molecule has 0 aliphatic carbocycles. The smallest absolute Gasteiger partial charge is 0.350 e. The van der Waals surface area contributed by atoms with Crippen LogP contribution in [0.3, 0.4) is 0 Å². The standard InChI is InChI=1S/C17H11ClN2O5S/c18-14-11-3-1-2-4-13(11)26-15(14)17(22)25-8-10-6-5-9(16(19)21)7-12(10)20(23)24/h1-7H,8H2,(H2,19,21). The summed E-state index contributed by atoms with van der Waals surface area (Å²) in [6.45, 7) is -0.335. The Morgan fingerprint density at radius 3 is 2.62 bits per heavy atom. The molecule has 3 rings (SSSR count). The van der Waals surface area contributed by atoms with Gasteiger partial charge in [0.15, 0.2) is 0 Å². The maximum atomic E-state index is 12.3. The number of nitrogens with zero attached hydrogens (tertiary/aromatic N) is 1. The first-order valence-corrected chi connectivity index (χ1v) is 8.49. The highest BCUT2D eigenvalue weighted by atomic mass is 35.5. The first-order chi connectivity index (χ1) is 12.4. The van der Waals surface area contributed by atoms with Gasteiger partial charge >= 0.3 is 5.97 Å². The molecule has 132 valence electrons. The molecule has 1 aromatic heterocycles. The van der Waals surface area contributed by atoms with Crippen molar-refractivity contribution in [1.29, 1.82) is 0 Å². The van der Waals surface area contributed by atoms with Crippen molar-refractivity contribution in [3.05, 3.63) is 73.6 Å². The molecule has 0 unspecified atom stereocenters. The lowest BCUT2D eigenvalue weighted by Crippen LogP contribution is -2.12. The van der Waals surface area contributed by atoms with Crippen molar-refractivity contribution >= 4 is 50.6 Å². The number of carbonyl (C=O) groups excluding carboxylic acids is 2. The quantitative estimate of drug-likeness (QED) is 0.403. The Kier molecular flexibility index (Phi) is 4.88. The molecule has 1 heterocycles. The van der Waals surface area contributed by atoms with Gasteiger partial charge in [0.2, 0.25) is 5.91 Å². The minimum absolute atomic E-state index is 0.000623. The highest BCUT2D eigenvalue weighted by Gasteiger charge is 2.21. The van der Waals surface area contributed by atoms with Crippen molar-refractivity contribution in [1.82, 2.24) is 0 Å². The van der Waals surface area contributed by atoms with E-state index in [0.29, 0.717) is 0 Å². The summed E-state index contributed by atoms with van der Waals surface area (Å²) in [6, 6.07) is 11.0. The van der Waals surface area contributed by atoms with Crippen LogP contribution in [0.15, 0.2) is 42.5 Å². The topological polar surface area (TPSA) is 113 Å². The molecule has 0 bridgehead atoms. The summed E-state index contributed by atoms with van der Waals surface area (Å²) in [5.74, 6) is -1.46. The van der Waals surface area contributed by atoms with E-state index in [9.17, 15) is 19.7 Å². The molecule has 7 nitrogen and oxygen atoms in total. The number of hydrogen-bond acceptors (Lipinski definition) is 6. The van der Waals surface area contributed by atoms with Crippen LogP contribution in [0.2, 0.25) is 5.02 Å². The lowest BCUT2D eigenvalue weighted by molar-refractivity contribution is -0.385. The van der Waals surface area contributed by atoms with Crippen molar-refractivity contribution in [2.45, 2.75) is 6.61 Å². The number of amides is 1. The fraction of sp³-hybridized carbons (Fsp3) is 0.0588. The first kappa shape index (κ1) is 17.8. The van der Waals surface area contributed by atoms with Crippen LogP contribution in [0.25, 0.3) is 10.1 Å². The van der Waals surface area contributed by atoms with Gasteiger partial charge < -0.3 is 10.5 Å². The third-order valence-electron chi connectivity index (χ3n) is 3.65. The number of ether oxygens (including phenoxy) is 1. The molecule has 0 saturated carbocycles. The summed E-state index contributed by atoms with van der Waals surface area (Å²) in [4.78, 5) is 34.2. The first-order valence-electron chi connectivity index (χ1n) is 7.29. The Morgan fingerprint density at radius 2 is 1.96 bits per heavy atom. The zero-order valence-corrected chi connectivity index (χ0v) is 14.7. The second-order valence-electron chi connectivity index (χ2n) is 5.28. The third-order valence-corrected chi connectivity index (χ3v) is 5.30. The summed E-state index contributed by atoms with van der Waals surface area (Å²) in [5, 5.41) is 12.2. The molecule has 3 aromatic rings. The minimum atomic E-state index is -0.784. The number of thiophene rings is 1. The zero-order valence-electron chi connectivity index (χ0n) is 13.1. The molecule has 2 N–H and O–H groups in total. The molecular formula is C17H11ClN2O5S. The van der Waals surface area contributed by atoms with Gasteiger partial charge in [-0.15, -0.1) is 11.3 Å². The van der Waals surface area contributed by atoms with E-state index in [0.717, 1.165) is 16.2 Å². The fourth-order valence-electron chi connectivity index (χ4n) is 2.36. The SMILES string of the molecule is NC(=O)c1ccc(COC(=O)c2sc3ccccc3c2Cl)c([N+](=O)[O-])c1. The normalized spacial score (nSPS) is 10.7. The van der Waals surface area contributed by atoms with Gasteiger partial charge in [-0.25, -0.2) is 4.79 Å². The summed E-state index contributed by atoms with van der Waals surface area (Å²) < 4.78 is 6.02. The van der Waals surface area contributed by atoms with Gasteiger partial charge in [0.1, 0.15) is 11.5 Å². The number of primary amides is 1. The molecule has 1 amide bonds. The molecule has 2 aromatic carbocycles. The van der Waals surface area contributed by atoms with Crippen LogP contribution in [0.1, 0.15) is 25.6 Å². The summed E-state index contributed by atoms with van der Waals surface area (Å²) in [5.41, 5.74) is 4.92. The number of nitro benzene ring substituents is 1. The second kappa shape index (κ2) is 7.11. The summed E-state index contributed by atoms with van der Waals surface area (Å²) in [6.07, 6.45) is 0. The highest BCUT2D eigenvalue weighted by molar-refractivity contribution is 7.21. The predicted molar refractivity (Wildman–Crippen MR) is 97.6 cm³/mol. The molecule has 0 fully saturated rings. The number of rotatable bonds is 5. The average Bonchev–Trinajstić information content (AvgIpc) is 2.96. The van der Waals surface area contributed by atoms with E-state index in [1.54, 1.807) is 12.1 Å². The fourth-order valence-corrected chi connectivity index (χ4v) is 3.77. The molecule has 9 heteroatoms. The van der Waals surface area contributed by atoms with Crippen LogP contribution in [0, 0.1) is 10.1 Å². The maximum Gasteiger partial charge on any atom is 0.350 e. The Hall–Kier alpha value is -2.97. The number of halogens is 1. The average molecular weight is 391 g/mol. The van der Waals surface area contributed by atoms with Crippen molar-refractivity contribution in [3.8, 4) is 0 Å². The van der Waals surface area contributed by atoms with Crippen LogP contribution < -0.4 is 5.73 Å². The van der Waals surface area contributed by atoms with Gasteiger partial charge in [0.05, 0.1) is 15.5 Å². The van der Waals surface area contributed by atoms with Crippen LogP contribution in [0.4, 0.5) is 5.69 Å². The molecule has 0 spiro atoms. The van der Waals surface area contributed by atoms with Crippen molar-refractivity contribution in [3.63, 3.8) is 0 Å². The van der Waals surface area contributed by atoms with Gasteiger partial charge in [0.25, 0.3) is 5.69 Å². The molecule has 26 heavy (non-hydrogen) atoms. The Balaban J connectivity index is 1.84. The van der Waals surface area contributed by atoms with Crippen molar-refractivity contribution in [2.75, 3.05) is 0 Å². The minimum Gasteiger partial charge on any atom is -0.456 e. The number of nitro groups is 1. The van der Waals surface area contributed by atoms with E-state index in [4.69, 9.17) is 22.1 Å². The molecule has 0 aliphatic rings. The van der Waals surface area contributed by atoms with E-state index in [2.05, 4.69) is 0 Å². The van der Waals surface area contributed by atoms with Gasteiger partial charge in [-0.1, -0.05) is 29.8 Å². The Bertz CT molecular complexity index is 1050. The van der Waals surface area contributed by atoms with Crippen molar-refractivity contribution < 1.29 is 19.2 Å². The van der Waals surface area contributed by atoms with Crippen LogP contribution >= 0.6 is 22.9 Å². The lowest BCUT2D eigenvalue weighted by Gasteiger charge is -2.06. The van der Waals surface area contributed by atoms with Crippen molar-refractivity contribution in [2.24, 2.45) is 5.73 Å². The Morgan fingerprint density at radius 1 is 1.23 bits per heavy atom. The maximum absolute atomic E-state index is 12.3. The monoisotopic (exact) mass is 390 g/mol. The van der Waals surface area contributed by atoms with Gasteiger partial charge in [-0.05, 0) is 18.2 Å². The zero-order chi connectivity index (χ0) is 18.8. The second-order valence-corrected chi connectivity index (χ2v) is 6.71. The number of hydrogen-bond donors (Lipinski definition) is 1. The number of nitrogens with two attached hydrogens (primary N) is 1. The highest BCUT2D eigenvalue weighted by Crippen LogP contribution is 2.35. The summed E-state index contributed by atoms with van der Waals surface area (Å²) >= 11 is 7.40. The number of esters is 1. The molecule has 0 atom stereocenters. The van der Waals surface area contributed by atoms with E-state index in [-0.39, 0.29) is 33.3 Å². The van der Waals surface area contributed by atoms with Gasteiger partial charge in [0, 0.05) is 21.7 Å². The van der Waals surface area contributed by atoms with E-state index < -0.39 is 16.8 Å². The van der Waals surface area contributed by atoms with E-state index in [1.165, 1.54) is 23.5 Å². The van der Waals surface area contributed by atoms with Crippen LogP contribution in [0.5, 0.6) is 0 Å². The van der Waals surface area contributed by atoms with E-state index >= 15 is 0 Å². The lowest BCUT2D eigenvalue weighted by atomic mass is 10.1. The van der Waals surface area contributed by atoms with E-state index in [1.807, 2.05) is 12.1 Å². The predicted octanol–water partition coefficient (Wildman–Crippen LogP) is 3.92. The van der Waals surface area contributed by atoms with Crippen LogP contribution in [-0.4, -0.2) is 16.8 Å². The van der Waals surface area contributed by atoms with Gasteiger partial charge in [-0.2, -0.15) is 0 Å². The molecule has 0 saturated heterocycles. The molecular weight excluding hydrogens is 380 g/mol. The number of benzene rings is 2. The number of fused-ring (bicyclic) bond motifs is 1.